The van der Waals surface area contributed by atoms with Crippen LogP contribution in [0.5, 0.6) is 0 Å². The van der Waals surface area contributed by atoms with Crippen molar-refractivity contribution in [1.29, 1.82) is 0 Å². The zero-order valence-corrected chi connectivity index (χ0v) is 18.3. The van der Waals surface area contributed by atoms with Crippen molar-refractivity contribution in [3.8, 4) is 0 Å². The molecule has 0 aliphatic rings. The Morgan fingerprint density at radius 2 is 1.34 bits per heavy atom. The fraction of sp³-hybridized carbons (Fsp3) is 0.207. The highest BCUT2D eigenvalue weighted by Crippen LogP contribution is 2.41. The molecule has 0 heterocycles. The number of allylic oxidation sites excluding steroid dienone is 1. The van der Waals surface area contributed by atoms with E-state index >= 15 is 0 Å². The van der Waals surface area contributed by atoms with Crippen molar-refractivity contribution >= 4 is 11.7 Å². The highest BCUT2D eigenvalue weighted by atomic mass is 16.5. The lowest BCUT2D eigenvalue weighted by Crippen LogP contribution is -2.39. The summed E-state index contributed by atoms with van der Waals surface area (Å²) in [6.45, 7) is 2.12. The average molecular weight is 425 g/mol. The first-order valence-electron chi connectivity index (χ1n) is 11.0. The summed E-state index contributed by atoms with van der Waals surface area (Å²) in [5.74, 6) is 1.19. The van der Waals surface area contributed by atoms with Crippen molar-refractivity contribution in [3.63, 3.8) is 0 Å². The van der Waals surface area contributed by atoms with E-state index in [1.54, 1.807) is 12.0 Å². The second-order valence-corrected chi connectivity index (χ2v) is 7.55. The maximum Gasteiger partial charge on any atom is 0.199 e. The van der Waals surface area contributed by atoms with Crippen molar-refractivity contribution in [2.24, 2.45) is 0 Å². The van der Waals surface area contributed by atoms with E-state index < -0.39 is 17.5 Å². The smallest absolute Gasteiger partial charge is 0.199 e. The van der Waals surface area contributed by atoms with Gasteiger partial charge < -0.3 is 4.74 Å². The zero-order valence-electron chi connectivity index (χ0n) is 18.3. The van der Waals surface area contributed by atoms with E-state index in [9.17, 15) is 9.59 Å². The lowest BCUT2D eigenvalue weighted by Gasteiger charge is -2.37. The second-order valence-electron chi connectivity index (χ2n) is 7.55. The molecule has 0 saturated heterocycles. The number of ether oxygens (including phenoxy) is 1. The number of carbonyl (C=O) groups is 1. The van der Waals surface area contributed by atoms with E-state index in [4.69, 9.17) is 4.74 Å². The van der Waals surface area contributed by atoms with Gasteiger partial charge in [0.25, 0.3) is 0 Å². The molecule has 3 nitrogen and oxygen atoms in total. The predicted molar refractivity (Wildman–Crippen MR) is 128 cm³/mol. The maximum absolute atomic E-state index is 12.9. The van der Waals surface area contributed by atoms with Gasteiger partial charge in [-0.25, -0.2) is 4.79 Å². The van der Waals surface area contributed by atoms with Crippen LogP contribution in [0.2, 0.25) is 0 Å². The molecule has 162 valence electrons. The average Bonchev–Trinajstić information content (AvgIpc) is 2.85. The van der Waals surface area contributed by atoms with E-state index in [2.05, 4.69) is 6.92 Å². The Labute approximate surface area is 190 Å². The topological polar surface area (TPSA) is 43.4 Å². The number of unbranched alkanes of at least 4 members (excludes halogenated alkanes) is 2. The summed E-state index contributed by atoms with van der Waals surface area (Å²) in [4.78, 5) is 23.9. The Hall–Kier alpha value is -3.52. The Balaban J connectivity index is 2.21. The van der Waals surface area contributed by atoms with Gasteiger partial charge >= 0.3 is 0 Å². The van der Waals surface area contributed by atoms with Gasteiger partial charge in [-0.1, -0.05) is 123 Å². The monoisotopic (exact) mass is 424 g/mol. The Kier molecular flexibility index (Phi) is 8.51. The van der Waals surface area contributed by atoms with Crippen LogP contribution in [0.4, 0.5) is 0 Å². The van der Waals surface area contributed by atoms with Gasteiger partial charge in [-0.15, -0.1) is 0 Å². The summed E-state index contributed by atoms with van der Waals surface area (Å²) in [6, 6.07) is 29.6. The number of hydrogen-bond donors (Lipinski definition) is 0. The standard InChI is InChI=1S/C29H28O3/c1-2-3-4-14-21-28(27(31)22-23-30)32-29(24-15-8-5-9-16-24,25-17-10-6-11-18-25)26-19-12-7-13-20-26/h5-22,28H,2-4H2,1H3. The molecule has 0 bridgehead atoms. The molecule has 0 amide bonds. The quantitative estimate of drug-likeness (QED) is 0.123. The molecule has 3 rings (SSSR count). The van der Waals surface area contributed by atoms with Crippen LogP contribution in [0.25, 0.3) is 0 Å². The molecular formula is C29H28O3. The molecule has 0 spiro atoms. The van der Waals surface area contributed by atoms with Crippen LogP contribution in [0.15, 0.2) is 109 Å². The fourth-order valence-electron chi connectivity index (χ4n) is 3.79. The molecular weight excluding hydrogens is 396 g/mol. The van der Waals surface area contributed by atoms with Gasteiger partial charge in [-0.3, -0.25) is 4.79 Å². The molecule has 0 saturated carbocycles. The predicted octanol–water partition coefficient (Wildman–Crippen LogP) is 6.07. The molecule has 3 aromatic rings. The molecule has 0 N–H and O–H groups in total. The first-order chi connectivity index (χ1) is 15.7. The van der Waals surface area contributed by atoms with Crippen LogP contribution in [0.1, 0.15) is 42.9 Å². The van der Waals surface area contributed by atoms with Gasteiger partial charge in [-0.05, 0) is 23.1 Å². The summed E-state index contributed by atoms with van der Waals surface area (Å²) in [5.41, 5.74) is 1.64. The minimum absolute atomic E-state index is 0.431. The Morgan fingerprint density at radius 1 is 0.875 bits per heavy atom. The largest absolute Gasteiger partial charge is 0.345 e. The van der Waals surface area contributed by atoms with Crippen molar-refractivity contribution < 1.29 is 14.3 Å². The second kappa shape index (κ2) is 11.8. The van der Waals surface area contributed by atoms with Crippen LogP contribution in [0, 0.1) is 0 Å². The number of hydrogen-bond acceptors (Lipinski definition) is 3. The van der Waals surface area contributed by atoms with Gasteiger partial charge in [0.1, 0.15) is 17.6 Å². The number of benzene rings is 3. The fourth-order valence-corrected chi connectivity index (χ4v) is 3.79. The van der Waals surface area contributed by atoms with E-state index in [0.29, 0.717) is 0 Å². The van der Waals surface area contributed by atoms with Gasteiger partial charge in [0.05, 0.1) is 6.08 Å². The Morgan fingerprint density at radius 3 is 1.75 bits per heavy atom. The van der Waals surface area contributed by atoms with E-state index in [1.165, 1.54) is 0 Å². The minimum atomic E-state index is -1.05. The molecule has 0 aliphatic carbocycles. The molecule has 3 aromatic carbocycles. The highest BCUT2D eigenvalue weighted by molar-refractivity contribution is 6.00. The maximum atomic E-state index is 12.9. The van der Waals surface area contributed by atoms with Gasteiger partial charge in [0.15, 0.2) is 5.78 Å². The van der Waals surface area contributed by atoms with Crippen LogP contribution >= 0.6 is 0 Å². The lowest BCUT2D eigenvalue weighted by atomic mass is 9.79. The normalized spacial score (nSPS) is 12.3. The minimum Gasteiger partial charge on any atom is -0.345 e. The summed E-state index contributed by atoms with van der Waals surface area (Å²) in [5, 5.41) is 0. The summed E-state index contributed by atoms with van der Waals surface area (Å²) < 4.78 is 6.74. The van der Waals surface area contributed by atoms with Gasteiger partial charge in [-0.2, -0.15) is 0 Å². The first-order valence-corrected chi connectivity index (χ1v) is 11.0. The van der Waals surface area contributed by atoms with E-state index in [-0.39, 0.29) is 0 Å². The first kappa shape index (κ1) is 23.1. The van der Waals surface area contributed by atoms with Gasteiger partial charge in [0.2, 0.25) is 0 Å². The van der Waals surface area contributed by atoms with Crippen molar-refractivity contribution in [2.45, 2.75) is 37.9 Å². The zero-order chi connectivity index (χ0) is 22.7. The number of carbonyl (C=O) groups excluding carboxylic acids is 2. The van der Waals surface area contributed by atoms with Crippen LogP contribution in [-0.2, 0) is 19.9 Å². The van der Waals surface area contributed by atoms with E-state index in [0.717, 1.165) is 42.0 Å². The molecule has 0 fully saturated rings. The molecule has 0 aliphatic heterocycles. The molecule has 3 heteroatoms. The number of rotatable bonds is 11. The van der Waals surface area contributed by atoms with E-state index in [1.807, 2.05) is 97.1 Å². The van der Waals surface area contributed by atoms with Crippen LogP contribution in [0.3, 0.4) is 0 Å². The van der Waals surface area contributed by atoms with Crippen molar-refractivity contribution in [3.05, 3.63) is 126 Å². The molecule has 1 atom stereocenters. The third-order valence-corrected chi connectivity index (χ3v) is 5.36. The van der Waals surface area contributed by atoms with Crippen LogP contribution in [-0.4, -0.2) is 17.8 Å². The molecule has 1 unspecified atom stereocenters. The van der Waals surface area contributed by atoms with Gasteiger partial charge in [0, 0.05) is 0 Å². The molecule has 0 aromatic heterocycles. The SMILES string of the molecule is CCCCC=CC(OC(c1ccccc1)(c1ccccc1)c1ccccc1)C(=O)C=C=O. The third kappa shape index (κ3) is 5.39. The summed E-state index contributed by atoms with van der Waals surface area (Å²) in [6.07, 6.45) is 6.60. The Bertz CT molecular complexity index is 953. The third-order valence-electron chi connectivity index (χ3n) is 5.36. The van der Waals surface area contributed by atoms with Crippen LogP contribution < -0.4 is 0 Å². The summed E-state index contributed by atoms with van der Waals surface area (Å²) >= 11 is 0. The lowest BCUT2D eigenvalue weighted by molar-refractivity contribution is -0.129. The van der Waals surface area contributed by atoms with Crippen molar-refractivity contribution in [1.82, 2.24) is 0 Å². The highest BCUT2D eigenvalue weighted by Gasteiger charge is 2.40. The van der Waals surface area contributed by atoms with Crippen molar-refractivity contribution in [2.75, 3.05) is 0 Å². The summed E-state index contributed by atoms with van der Waals surface area (Å²) in [7, 11) is 0. The molecule has 32 heavy (non-hydrogen) atoms. The number of ketones is 1. The molecule has 0 radical (unpaired) electrons.